The predicted molar refractivity (Wildman–Crippen MR) is 74.2 cm³/mol. The Morgan fingerprint density at radius 1 is 1.21 bits per heavy atom. The van der Waals surface area contributed by atoms with Crippen molar-refractivity contribution in [2.24, 2.45) is 0 Å². The standard InChI is InChI=1S/C15H15FN2O/c16-13-4-2-1-3-11(13)10-18-12-5-6-14-15(9-12)19-8-7-17-14/h1-6,9,17-18H,7-8,10H2. The Morgan fingerprint density at radius 3 is 3.00 bits per heavy atom. The molecule has 0 saturated heterocycles. The molecular formula is C15H15FN2O. The summed E-state index contributed by atoms with van der Waals surface area (Å²) < 4.78 is 19.1. The molecule has 2 N–H and O–H groups in total. The molecule has 4 heteroatoms. The van der Waals surface area contributed by atoms with E-state index in [-0.39, 0.29) is 5.82 Å². The predicted octanol–water partition coefficient (Wildman–Crippen LogP) is 3.24. The maximum atomic E-state index is 13.5. The second-order valence-electron chi connectivity index (χ2n) is 4.43. The molecule has 19 heavy (non-hydrogen) atoms. The van der Waals surface area contributed by atoms with Gasteiger partial charge in [0.25, 0.3) is 0 Å². The second-order valence-corrected chi connectivity index (χ2v) is 4.43. The van der Waals surface area contributed by atoms with Crippen LogP contribution in [0.5, 0.6) is 5.75 Å². The Balaban J connectivity index is 1.72. The molecule has 1 aliphatic heterocycles. The van der Waals surface area contributed by atoms with Gasteiger partial charge in [-0.25, -0.2) is 4.39 Å². The van der Waals surface area contributed by atoms with E-state index >= 15 is 0 Å². The van der Waals surface area contributed by atoms with Crippen molar-refractivity contribution in [2.45, 2.75) is 6.54 Å². The zero-order valence-corrected chi connectivity index (χ0v) is 10.4. The molecule has 0 atom stereocenters. The van der Waals surface area contributed by atoms with Crippen molar-refractivity contribution in [3.8, 4) is 5.75 Å². The molecule has 0 spiro atoms. The van der Waals surface area contributed by atoms with E-state index in [1.807, 2.05) is 24.3 Å². The maximum absolute atomic E-state index is 13.5. The van der Waals surface area contributed by atoms with Crippen molar-refractivity contribution in [3.63, 3.8) is 0 Å². The lowest BCUT2D eigenvalue weighted by Gasteiger charge is -2.20. The highest BCUT2D eigenvalue weighted by molar-refractivity contribution is 5.64. The lowest BCUT2D eigenvalue weighted by molar-refractivity contribution is 0.323. The molecule has 98 valence electrons. The molecule has 0 unspecified atom stereocenters. The zero-order chi connectivity index (χ0) is 13.1. The smallest absolute Gasteiger partial charge is 0.144 e. The lowest BCUT2D eigenvalue weighted by atomic mass is 10.2. The van der Waals surface area contributed by atoms with Gasteiger partial charge in [0.05, 0.1) is 5.69 Å². The van der Waals surface area contributed by atoms with Gasteiger partial charge in [-0.2, -0.15) is 0 Å². The number of benzene rings is 2. The molecule has 0 radical (unpaired) electrons. The van der Waals surface area contributed by atoms with Crippen molar-refractivity contribution in [1.82, 2.24) is 0 Å². The van der Waals surface area contributed by atoms with Gasteiger partial charge in [-0.3, -0.25) is 0 Å². The number of halogens is 1. The summed E-state index contributed by atoms with van der Waals surface area (Å²) in [6, 6.07) is 12.6. The molecule has 0 fully saturated rings. The van der Waals surface area contributed by atoms with E-state index in [0.717, 1.165) is 23.7 Å². The van der Waals surface area contributed by atoms with Crippen LogP contribution in [0, 0.1) is 5.82 Å². The van der Waals surface area contributed by atoms with Gasteiger partial charge in [-0.05, 0) is 18.2 Å². The van der Waals surface area contributed by atoms with Gasteiger partial charge in [-0.1, -0.05) is 18.2 Å². The quantitative estimate of drug-likeness (QED) is 0.886. The molecule has 0 saturated carbocycles. The van der Waals surface area contributed by atoms with Gasteiger partial charge in [0.2, 0.25) is 0 Å². The van der Waals surface area contributed by atoms with E-state index in [2.05, 4.69) is 10.6 Å². The van der Waals surface area contributed by atoms with E-state index in [9.17, 15) is 4.39 Å². The van der Waals surface area contributed by atoms with Crippen LogP contribution >= 0.6 is 0 Å². The van der Waals surface area contributed by atoms with Crippen LogP contribution in [0.4, 0.5) is 15.8 Å². The molecule has 1 heterocycles. The van der Waals surface area contributed by atoms with Crippen LogP contribution in [0.25, 0.3) is 0 Å². The Bertz CT molecular complexity index is 586. The maximum Gasteiger partial charge on any atom is 0.144 e. The molecule has 3 rings (SSSR count). The van der Waals surface area contributed by atoms with E-state index in [1.54, 1.807) is 12.1 Å². The van der Waals surface area contributed by atoms with Crippen LogP contribution in [0.15, 0.2) is 42.5 Å². The molecule has 3 nitrogen and oxygen atoms in total. The van der Waals surface area contributed by atoms with E-state index in [4.69, 9.17) is 4.74 Å². The first kappa shape index (κ1) is 11.8. The van der Waals surface area contributed by atoms with Crippen molar-refractivity contribution in [3.05, 3.63) is 53.8 Å². The van der Waals surface area contributed by atoms with E-state index < -0.39 is 0 Å². The number of fused-ring (bicyclic) bond motifs is 1. The monoisotopic (exact) mass is 258 g/mol. The number of rotatable bonds is 3. The van der Waals surface area contributed by atoms with Crippen molar-refractivity contribution >= 4 is 11.4 Å². The third kappa shape index (κ3) is 2.62. The first-order valence-corrected chi connectivity index (χ1v) is 6.31. The number of anilines is 2. The SMILES string of the molecule is Fc1ccccc1CNc1ccc2c(c1)OCCN2. The fraction of sp³-hybridized carbons (Fsp3) is 0.200. The van der Waals surface area contributed by atoms with Gasteiger partial charge >= 0.3 is 0 Å². The summed E-state index contributed by atoms with van der Waals surface area (Å²) in [4.78, 5) is 0. The van der Waals surface area contributed by atoms with Crippen LogP contribution in [-0.4, -0.2) is 13.2 Å². The fourth-order valence-corrected chi connectivity index (χ4v) is 2.08. The zero-order valence-electron chi connectivity index (χ0n) is 10.4. The second kappa shape index (κ2) is 5.18. The van der Waals surface area contributed by atoms with Gasteiger partial charge in [0.15, 0.2) is 0 Å². The highest BCUT2D eigenvalue weighted by atomic mass is 19.1. The average Bonchev–Trinajstić information content (AvgIpc) is 2.46. The Hall–Kier alpha value is -2.23. The third-order valence-electron chi connectivity index (χ3n) is 3.10. The van der Waals surface area contributed by atoms with Crippen LogP contribution in [0.1, 0.15) is 5.56 Å². The molecule has 0 aromatic heterocycles. The van der Waals surface area contributed by atoms with Crippen molar-refractivity contribution in [2.75, 3.05) is 23.8 Å². The number of ether oxygens (including phenoxy) is 1. The van der Waals surface area contributed by atoms with E-state index in [0.29, 0.717) is 18.7 Å². The third-order valence-corrected chi connectivity index (χ3v) is 3.10. The normalized spacial score (nSPS) is 13.1. The van der Waals surface area contributed by atoms with Crippen molar-refractivity contribution in [1.29, 1.82) is 0 Å². The summed E-state index contributed by atoms with van der Waals surface area (Å²) in [5.41, 5.74) is 2.58. The number of hydrogen-bond donors (Lipinski definition) is 2. The molecule has 1 aliphatic rings. The summed E-state index contributed by atoms with van der Waals surface area (Å²) >= 11 is 0. The molecule has 0 amide bonds. The van der Waals surface area contributed by atoms with Crippen LogP contribution in [0.3, 0.4) is 0 Å². The molecule has 2 aromatic rings. The molecule has 2 aromatic carbocycles. The minimum atomic E-state index is -0.189. The topological polar surface area (TPSA) is 33.3 Å². The highest BCUT2D eigenvalue weighted by Gasteiger charge is 2.09. The van der Waals surface area contributed by atoms with Gasteiger partial charge < -0.3 is 15.4 Å². The van der Waals surface area contributed by atoms with Crippen LogP contribution in [0.2, 0.25) is 0 Å². The average molecular weight is 258 g/mol. The summed E-state index contributed by atoms with van der Waals surface area (Å²) in [6.45, 7) is 1.96. The molecule has 0 bridgehead atoms. The van der Waals surface area contributed by atoms with Gasteiger partial charge in [0, 0.05) is 30.4 Å². The summed E-state index contributed by atoms with van der Waals surface area (Å²) in [5.74, 6) is 0.649. The van der Waals surface area contributed by atoms with E-state index in [1.165, 1.54) is 6.07 Å². The lowest BCUT2D eigenvalue weighted by Crippen LogP contribution is -2.18. The largest absolute Gasteiger partial charge is 0.490 e. The summed E-state index contributed by atoms with van der Waals surface area (Å²) in [6.07, 6.45) is 0. The number of nitrogens with one attached hydrogen (secondary N) is 2. The first-order chi connectivity index (χ1) is 9.33. The Kier molecular flexibility index (Phi) is 3.23. The molecule has 0 aliphatic carbocycles. The van der Waals surface area contributed by atoms with Gasteiger partial charge in [0.1, 0.15) is 18.2 Å². The molecular weight excluding hydrogens is 243 g/mol. The summed E-state index contributed by atoms with van der Waals surface area (Å²) in [5, 5.41) is 6.46. The Morgan fingerprint density at radius 2 is 2.11 bits per heavy atom. The number of hydrogen-bond acceptors (Lipinski definition) is 3. The Labute approximate surface area is 111 Å². The fourth-order valence-electron chi connectivity index (χ4n) is 2.08. The van der Waals surface area contributed by atoms with Crippen molar-refractivity contribution < 1.29 is 9.13 Å². The van der Waals surface area contributed by atoms with Crippen LogP contribution in [-0.2, 0) is 6.54 Å². The highest BCUT2D eigenvalue weighted by Crippen LogP contribution is 2.30. The summed E-state index contributed by atoms with van der Waals surface area (Å²) in [7, 11) is 0. The van der Waals surface area contributed by atoms with Gasteiger partial charge in [-0.15, -0.1) is 0 Å². The minimum Gasteiger partial charge on any atom is -0.490 e. The van der Waals surface area contributed by atoms with Crippen LogP contribution < -0.4 is 15.4 Å². The first-order valence-electron chi connectivity index (χ1n) is 6.31. The minimum absolute atomic E-state index is 0.189.